The Balaban J connectivity index is 0.00000432. The Morgan fingerprint density at radius 1 is 0.857 bits per heavy atom. The number of likely N-dealkylation sites (N-methyl/N-ethyl adjacent to an activating group) is 1. The molecule has 0 atom stereocenters. The quantitative estimate of drug-likeness (QED) is 0.278. The van der Waals surface area contributed by atoms with Crippen LogP contribution < -0.4 is 26.5 Å². The molecule has 2 aromatic carbocycles. The lowest BCUT2D eigenvalue weighted by Gasteiger charge is -2.30. The molecule has 35 heavy (non-hydrogen) atoms. The van der Waals surface area contributed by atoms with Crippen LogP contribution in [-0.2, 0) is 0 Å². The van der Waals surface area contributed by atoms with Crippen molar-refractivity contribution in [3.63, 3.8) is 0 Å². The maximum atomic E-state index is 13.4. The molecule has 0 bridgehead atoms. The zero-order valence-corrected chi connectivity index (χ0v) is 23.2. The van der Waals surface area contributed by atoms with Crippen molar-refractivity contribution in [3.8, 4) is 17.2 Å². The van der Waals surface area contributed by atoms with E-state index in [2.05, 4.69) is 21.0 Å². The fourth-order valence-corrected chi connectivity index (χ4v) is 4.52. The fraction of sp³-hybridized carbons (Fsp3) is 0.500. The van der Waals surface area contributed by atoms with E-state index >= 15 is 0 Å². The first-order valence-electron chi connectivity index (χ1n) is 12.3. The Labute approximate surface area is 219 Å². The molecule has 1 aliphatic carbocycles. The van der Waals surface area contributed by atoms with E-state index < -0.39 is 5.78 Å². The van der Waals surface area contributed by atoms with Gasteiger partial charge in [0.25, 0.3) is 0 Å². The molecule has 0 heterocycles. The highest BCUT2D eigenvalue weighted by Gasteiger charge is 2.35. The number of fused-ring (bicyclic) bond motifs is 2. The molecule has 0 aromatic heterocycles. The normalized spacial score (nSPS) is 12.6. The number of aromatic hydroxyl groups is 1. The van der Waals surface area contributed by atoms with Gasteiger partial charge < -0.3 is 36.0 Å². The van der Waals surface area contributed by atoms with Crippen molar-refractivity contribution >= 4 is 11.6 Å². The number of hydrogen-bond acceptors (Lipinski definition) is 5. The van der Waals surface area contributed by atoms with Crippen molar-refractivity contribution in [2.45, 2.75) is 52.4 Å². The molecule has 0 fully saturated rings. The summed E-state index contributed by atoms with van der Waals surface area (Å²) < 4.78 is 12.3. The van der Waals surface area contributed by atoms with Gasteiger partial charge in [0.05, 0.1) is 38.9 Å². The molecule has 0 saturated heterocycles. The molecule has 1 N–H and O–H groups in total. The number of hydrogen-bond donors (Lipinski definition) is 1. The second-order valence-corrected chi connectivity index (χ2v) is 9.91. The molecule has 0 amide bonds. The van der Waals surface area contributed by atoms with Crippen molar-refractivity contribution < 1.29 is 45.6 Å². The summed E-state index contributed by atoms with van der Waals surface area (Å²) in [7, 11) is 5.88. The smallest absolute Gasteiger partial charge is 0.201 e. The minimum absolute atomic E-state index is 0. The Hall–Kier alpha value is -2.38. The molecule has 0 radical (unpaired) electrons. The number of halogens is 1. The first kappa shape index (κ1) is 28.9. The Bertz CT molecular complexity index is 1060. The van der Waals surface area contributed by atoms with Gasteiger partial charge in [-0.1, -0.05) is 32.6 Å². The van der Waals surface area contributed by atoms with Crippen LogP contribution >= 0.6 is 0 Å². The average Bonchev–Trinajstić information content (AvgIpc) is 2.78. The largest absolute Gasteiger partial charge is 1.00 e. The van der Waals surface area contributed by atoms with Gasteiger partial charge in [-0.05, 0) is 43.5 Å². The number of ketones is 2. The summed E-state index contributed by atoms with van der Waals surface area (Å²) in [5, 5.41) is 10.4. The lowest BCUT2D eigenvalue weighted by atomic mass is 9.82. The number of benzene rings is 2. The van der Waals surface area contributed by atoms with E-state index in [4.69, 9.17) is 9.47 Å². The van der Waals surface area contributed by atoms with Gasteiger partial charge in [-0.3, -0.25) is 9.59 Å². The Morgan fingerprint density at radius 2 is 1.51 bits per heavy atom. The number of phenols is 1. The number of ether oxygens (including phenoxy) is 2. The summed E-state index contributed by atoms with van der Waals surface area (Å²) in [6, 6.07) is 6.36. The number of nitrogens with zero attached hydrogens (tertiary/aromatic N) is 1. The molecule has 0 saturated carbocycles. The number of aryl methyl sites for hydroxylation is 1. The van der Waals surface area contributed by atoms with Gasteiger partial charge in [-0.25, -0.2) is 0 Å². The number of carbonyl (C=O) groups is 2. The minimum atomic E-state index is -0.402. The molecule has 192 valence electrons. The maximum absolute atomic E-state index is 13.4. The predicted molar refractivity (Wildman–Crippen MR) is 133 cm³/mol. The minimum Gasteiger partial charge on any atom is -1.00 e. The highest BCUT2D eigenvalue weighted by atomic mass is 79.9. The molecule has 0 spiro atoms. The maximum Gasteiger partial charge on any atom is 0.201 e. The third kappa shape index (κ3) is 6.85. The standard InChI is InChI=1S/C28H37NO5.BrH/c1-6-7-8-9-10-11-12-29(3,4)13-14-34-24-18-20(33-5)17-22-26(24)28(32)25-21(27(22)31)15-19(2)16-23(25)30;/h15-18H,6-14H2,1-5H3;1H. The lowest BCUT2D eigenvalue weighted by molar-refractivity contribution is -0.890. The van der Waals surface area contributed by atoms with E-state index in [1.165, 1.54) is 51.7 Å². The second-order valence-electron chi connectivity index (χ2n) is 9.91. The lowest BCUT2D eigenvalue weighted by Crippen LogP contribution is -3.00. The number of methoxy groups -OCH3 is 1. The van der Waals surface area contributed by atoms with Crippen LogP contribution in [0.15, 0.2) is 24.3 Å². The van der Waals surface area contributed by atoms with E-state index in [0.717, 1.165) is 17.6 Å². The van der Waals surface area contributed by atoms with Crippen molar-refractivity contribution in [2.75, 3.05) is 40.9 Å². The van der Waals surface area contributed by atoms with Crippen LogP contribution in [-0.4, -0.2) is 62.1 Å². The number of quaternary nitrogens is 1. The van der Waals surface area contributed by atoms with Crippen molar-refractivity contribution in [1.29, 1.82) is 0 Å². The molecule has 6 nitrogen and oxygen atoms in total. The van der Waals surface area contributed by atoms with Crippen LogP contribution in [0.2, 0.25) is 0 Å². The van der Waals surface area contributed by atoms with Gasteiger partial charge in [0.1, 0.15) is 30.4 Å². The third-order valence-electron chi connectivity index (χ3n) is 6.59. The Kier molecular flexibility index (Phi) is 10.3. The van der Waals surface area contributed by atoms with E-state index in [1.54, 1.807) is 25.1 Å². The molecule has 2 aromatic rings. The van der Waals surface area contributed by atoms with Gasteiger partial charge in [0, 0.05) is 17.2 Å². The topological polar surface area (TPSA) is 72.8 Å². The number of phenolic OH excluding ortho intramolecular Hbond substituents is 1. The van der Waals surface area contributed by atoms with Crippen LogP contribution in [0.3, 0.4) is 0 Å². The van der Waals surface area contributed by atoms with Gasteiger partial charge in [-0.15, -0.1) is 0 Å². The summed E-state index contributed by atoms with van der Waals surface area (Å²) in [6.07, 6.45) is 7.56. The van der Waals surface area contributed by atoms with Crippen LogP contribution in [0.1, 0.15) is 82.9 Å². The molecular formula is C28H38BrNO5. The van der Waals surface area contributed by atoms with E-state index in [-0.39, 0.29) is 50.8 Å². The second kappa shape index (κ2) is 12.5. The molecule has 0 aliphatic heterocycles. The van der Waals surface area contributed by atoms with Gasteiger partial charge in [0.2, 0.25) is 5.78 Å². The highest BCUT2D eigenvalue weighted by molar-refractivity contribution is 6.30. The Morgan fingerprint density at radius 3 is 2.20 bits per heavy atom. The number of rotatable bonds is 12. The summed E-state index contributed by atoms with van der Waals surface area (Å²) in [5.74, 6) is -0.126. The van der Waals surface area contributed by atoms with Crippen LogP contribution in [0.5, 0.6) is 17.2 Å². The van der Waals surface area contributed by atoms with Crippen LogP contribution in [0, 0.1) is 6.92 Å². The van der Waals surface area contributed by atoms with Gasteiger partial charge >= 0.3 is 0 Å². The van der Waals surface area contributed by atoms with Crippen LogP contribution in [0.4, 0.5) is 0 Å². The van der Waals surface area contributed by atoms with Crippen LogP contribution in [0.25, 0.3) is 0 Å². The molecule has 1 aliphatic rings. The first-order chi connectivity index (χ1) is 16.2. The van der Waals surface area contributed by atoms with Crippen molar-refractivity contribution in [3.05, 3.63) is 52.1 Å². The molecule has 0 unspecified atom stereocenters. The average molecular weight is 549 g/mol. The predicted octanol–water partition coefficient (Wildman–Crippen LogP) is 2.30. The first-order valence-corrected chi connectivity index (χ1v) is 12.3. The van der Waals surface area contributed by atoms with E-state index in [9.17, 15) is 14.7 Å². The van der Waals surface area contributed by atoms with Gasteiger partial charge in [0.15, 0.2) is 5.78 Å². The molecular weight excluding hydrogens is 510 g/mol. The summed E-state index contributed by atoms with van der Waals surface area (Å²) in [5.41, 5.74) is 1.41. The fourth-order valence-electron chi connectivity index (χ4n) is 4.52. The zero-order chi connectivity index (χ0) is 24.9. The van der Waals surface area contributed by atoms with Crippen molar-refractivity contribution in [2.24, 2.45) is 0 Å². The van der Waals surface area contributed by atoms with Gasteiger partial charge in [-0.2, -0.15) is 0 Å². The zero-order valence-electron chi connectivity index (χ0n) is 21.6. The summed E-state index contributed by atoms with van der Waals surface area (Å²) >= 11 is 0. The monoisotopic (exact) mass is 547 g/mol. The molecule has 3 rings (SSSR count). The number of unbranched alkanes of at least 4 members (excludes halogenated alkanes) is 5. The summed E-state index contributed by atoms with van der Waals surface area (Å²) in [6.45, 7) is 6.23. The molecule has 7 heteroatoms. The van der Waals surface area contributed by atoms with E-state index in [1.807, 2.05) is 0 Å². The number of carbonyl (C=O) groups excluding carboxylic acids is 2. The van der Waals surface area contributed by atoms with Crippen molar-refractivity contribution in [1.82, 2.24) is 0 Å². The third-order valence-corrected chi connectivity index (χ3v) is 6.59. The highest BCUT2D eigenvalue weighted by Crippen LogP contribution is 2.39. The van der Waals surface area contributed by atoms with E-state index in [0.29, 0.717) is 23.7 Å². The SMILES string of the molecule is CCCCCCCC[N+](C)(C)CCOc1cc(OC)cc2c1C(=O)c1c(O)cc(C)cc1C2=O.[Br-]. The summed E-state index contributed by atoms with van der Waals surface area (Å²) in [4.78, 5) is 26.6.